The SMILES string of the molecule is CCCCCCCCOc1cccc(-c2cc(=O)cc(C)[nH]2)c1. The van der Waals surface area contributed by atoms with Gasteiger partial charge in [0.1, 0.15) is 5.75 Å². The predicted molar refractivity (Wildman–Crippen MR) is 96.1 cm³/mol. The number of H-pyrrole nitrogens is 1. The van der Waals surface area contributed by atoms with E-state index >= 15 is 0 Å². The van der Waals surface area contributed by atoms with Gasteiger partial charge in [-0.15, -0.1) is 0 Å². The molecule has 0 saturated heterocycles. The van der Waals surface area contributed by atoms with E-state index in [0.717, 1.165) is 35.7 Å². The van der Waals surface area contributed by atoms with Crippen molar-refractivity contribution in [1.82, 2.24) is 4.98 Å². The molecule has 0 spiro atoms. The molecule has 0 fully saturated rings. The van der Waals surface area contributed by atoms with Gasteiger partial charge in [-0.3, -0.25) is 4.79 Å². The molecule has 124 valence electrons. The number of ether oxygens (including phenoxy) is 1. The molecule has 0 aliphatic heterocycles. The third-order valence-electron chi connectivity index (χ3n) is 3.89. The fourth-order valence-corrected chi connectivity index (χ4v) is 2.66. The molecular weight excluding hydrogens is 286 g/mol. The number of aryl methyl sites for hydroxylation is 1. The number of hydrogen-bond donors (Lipinski definition) is 1. The van der Waals surface area contributed by atoms with Gasteiger partial charge in [0, 0.05) is 29.1 Å². The van der Waals surface area contributed by atoms with Crippen LogP contribution in [0.15, 0.2) is 41.2 Å². The number of unbranched alkanes of at least 4 members (excludes halogenated alkanes) is 5. The number of aromatic amines is 1. The molecule has 0 atom stereocenters. The molecule has 0 aliphatic rings. The molecule has 3 nitrogen and oxygen atoms in total. The number of pyridine rings is 1. The number of rotatable bonds is 9. The Labute approximate surface area is 138 Å². The zero-order valence-electron chi connectivity index (χ0n) is 14.2. The second-order valence-electron chi connectivity index (χ2n) is 6.06. The maximum atomic E-state index is 11.6. The molecule has 0 radical (unpaired) electrons. The molecule has 0 aliphatic carbocycles. The maximum absolute atomic E-state index is 11.6. The number of benzene rings is 1. The molecular formula is C20H27NO2. The summed E-state index contributed by atoms with van der Waals surface area (Å²) < 4.78 is 5.84. The van der Waals surface area contributed by atoms with Crippen molar-refractivity contribution in [3.05, 3.63) is 52.3 Å². The van der Waals surface area contributed by atoms with Crippen LogP contribution in [0.3, 0.4) is 0 Å². The van der Waals surface area contributed by atoms with Crippen LogP contribution in [0.1, 0.15) is 51.1 Å². The predicted octanol–water partition coefficient (Wildman–Crippen LogP) is 5.09. The smallest absolute Gasteiger partial charge is 0.182 e. The molecule has 0 amide bonds. The zero-order valence-corrected chi connectivity index (χ0v) is 14.2. The highest BCUT2D eigenvalue weighted by Crippen LogP contribution is 2.22. The van der Waals surface area contributed by atoms with Crippen molar-refractivity contribution < 1.29 is 4.74 Å². The van der Waals surface area contributed by atoms with E-state index in [0.29, 0.717) is 0 Å². The molecule has 0 unspecified atom stereocenters. The van der Waals surface area contributed by atoms with Gasteiger partial charge in [-0.05, 0) is 25.5 Å². The summed E-state index contributed by atoms with van der Waals surface area (Å²) in [4.78, 5) is 14.9. The Morgan fingerprint density at radius 2 is 1.78 bits per heavy atom. The third kappa shape index (κ3) is 5.93. The summed E-state index contributed by atoms with van der Waals surface area (Å²) in [7, 11) is 0. The van der Waals surface area contributed by atoms with Gasteiger partial charge in [0.25, 0.3) is 0 Å². The van der Waals surface area contributed by atoms with Crippen LogP contribution >= 0.6 is 0 Å². The first-order chi connectivity index (χ1) is 11.2. The van der Waals surface area contributed by atoms with Crippen molar-refractivity contribution in [1.29, 1.82) is 0 Å². The van der Waals surface area contributed by atoms with Crippen molar-refractivity contribution in [3.63, 3.8) is 0 Å². The van der Waals surface area contributed by atoms with Gasteiger partial charge in [-0.1, -0.05) is 51.2 Å². The highest BCUT2D eigenvalue weighted by Gasteiger charge is 2.02. The average Bonchev–Trinajstić information content (AvgIpc) is 2.53. The topological polar surface area (TPSA) is 42.1 Å². The van der Waals surface area contributed by atoms with Gasteiger partial charge in [0.15, 0.2) is 5.43 Å². The van der Waals surface area contributed by atoms with Crippen LogP contribution in [-0.4, -0.2) is 11.6 Å². The minimum atomic E-state index is 0.0228. The van der Waals surface area contributed by atoms with E-state index in [9.17, 15) is 4.79 Å². The van der Waals surface area contributed by atoms with Gasteiger partial charge in [-0.25, -0.2) is 0 Å². The molecule has 1 heterocycles. The lowest BCUT2D eigenvalue weighted by Crippen LogP contribution is -2.02. The summed E-state index contributed by atoms with van der Waals surface area (Å²) >= 11 is 0. The van der Waals surface area contributed by atoms with Crippen LogP contribution in [0.4, 0.5) is 0 Å². The Hall–Kier alpha value is -2.03. The van der Waals surface area contributed by atoms with Crippen molar-refractivity contribution >= 4 is 0 Å². The van der Waals surface area contributed by atoms with Crippen LogP contribution in [0, 0.1) is 6.92 Å². The maximum Gasteiger partial charge on any atom is 0.182 e. The summed E-state index contributed by atoms with van der Waals surface area (Å²) in [6.45, 7) is 4.88. The van der Waals surface area contributed by atoms with Crippen LogP contribution in [-0.2, 0) is 0 Å². The largest absolute Gasteiger partial charge is 0.494 e. The molecule has 23 heavy (non-hydrogen) atoms. The van der Waals surface area contributed by atoms with Gasteiger partial charge in [0.05, 0.1) is 6.61 Å². The summed E-state index contributed by atoms with van der Waals surface area (Å²) in [6, 6.07) is 11.1. The quantitative estimate of drug-likeness (QED) is 0.655. The minimum Gasteiger partial charge on any atom is -0.494 e. The van der Waals surface area contributed by atoms with Crippen LogP contribution in [0.2, 0.25) is 0 Å². The Morgan fingerprint density at radius 3 is 2.57 bits per heavy atom. The van der Waals surface area contributed by atoms with E-state index in [2.05, 4.69) is 11.9 Å². The minimum absolute atomic E-state index is 0.0228. The first kappa shape index (κ1) is 17.3. The Kier molecular flexibility index (Phi) is 6.92. The Balaban J connectivity index is 1.88. The lowest BCUT2D eigenvalue weighted by atomic mass is 10.1. The number of aromatic nitrogens is 1. The fourth-order valence-electron chi connectivity index (χ4n) is 2.66. The summed E-state index contributed by atoms with van der Waals surface area (Å²) in [6.07, 6.45) is 7.55. The van der Waals surface area contributed by atoms with E-state index < -0.39 is 0 Å². The van der Waals surface area contributed by atoms with Crippen LogP contribution < -0.4 is 10.2 Å². The van der Waals surface area contributed by atoms with E-state index in [4.69, 9.17) is 4.74 Å². The van der Waals surface area contributed by atoms with Crippen LogP contribution in [0.25, 0.3) is 11.3 Å². The summed E-state index contributed by atoms with van der Waals surface area (Å²) in [5.74, 6) is 0.860. The standard InChI is InChI=1S/C20H27NO2/c1-3-4-5-6-7-8-12-23-19-11-9-10-17(14-19)20-15-18(22)13-16(2)21-20/h9-11,13-15H,3-8,12H2,1-2H3,(H,21,22). The number of hydrogen-bond acceptors (Lipinski definition) is 2. The van der Waals surface area contributed by atoms with Crippen molar-refractivity contribution in [3.8, 4) is 17.0 Å². The molecule has 2 rings (SSSR count). The van der Waals surface area contributed by atoms with Crippen molar-refractivity contribution in [2.24, 2.45) is 0 Å². The Morgan fingerprint density at radius 1 is 1.00 bits per heavy atom. The third-order valence-corrected chi connectivity index (χ3v) is 3.89. The normalized spacial score (nSPS) is 10.7. The van der Waals surface area contributed by atoms with E-state index in [-0.39, 0.29) is 5.43 Å². The lowest BCUT2D eigenvalue weighted by Gasteiger charge is -2.09. The molecule has 1 N–H and O–H groups in total. The first-order valence-electron chi connectivity index (χ1n) is 8.63. The molecule has 2 aromatic rings. The van der Waals surface area contributed by atoms with Crippen LogP contribution in [0.5, 0.6) is 5.75 Å². The van der Waals surface area contributed by atoms with E-state index in [1.165, 1.54) is 32.1 Å². The van der Waals surface area contributed by atoms with E-state index in [1.807, 2.05) is 31.2 Å². The molecule has 0 bridgehead atoms. The molecule has 1 aromatic carbocycles. The summed E-state index contributed by atoms with van der Waals surface area (Å²) in [5, 5.41) is 0. The highest BCUT2D eigenvalue weighted by molar-refractivity contribution is 5.61. The monoisotopic (exact) mass is 313 g/mol. The van der Waals surface area contributed by atoms with Crippen molar-refractivity contribution in [2.45, 2.75) is 52.4 Å². The molecule has 0 saturated carbocycles. The first-order valence-corrected chi connectivity index (χ1v) is 8.63. The van der Waals surface area contributed by atoms with Crippen molar-refractivity contribution in [2.75, 3.05) is 6.61 Å². The van der Waals surface area contributed by atoms with Gasteiger partial charge >= 0.3 is 0 Å². The number of nitrogens with one attached hydrogen (secondary N) is 1. The highest BCUT2D eigenvalue weighted by atomic mass is 16.5. The lowest BCUT2D eigenvalue weighted by molar-refractivity contribution is 0.304. The zero-order chi connectivity index (χ0) is 16.5. The average molecular weight is 313 g/mol. The van der Waals surface area contributed by atoms with Gasteiger partial charge in [-0.2, -0.15) is 0 Å². The van der Waals surface area contributed by atoms with E-state index in [1.54, 1.807) is 12.1 Å². The fraction of sp³-hybridized carbons (Fsp3) is 0.450. The second kappa shape index (κ2) is 9.19. The second-order valence-corrected chi connectivity index (χ2v) is 6.06. The van der Waals surface area contributed by atoms with Gasteiger partial charge < -0.3 is 9.72 Å². The molecule has 3 heteroatoms. The summed E-state index contributed by atoms with van der Waals surface area (Å²) in [5.41, 5.74) is 2.70. The molecule has 1 aromatic heterocycles. The van der Waals surface area contributed by atoms with Gasteiger partial charge in [0.2, 0.25) is 0 Å². The Bertz CT molecular complexity index is 661.